The molecule has 0 amide bonds. The lowest BCUT2D eigenvalue weighted by Gasteiger charge is -2.35. The number of hydrogen-bond donors (Lipinski definition) is 0. The number of ether oxygens (including phenoxy) is 1. The average Bonchev–Trinajstić information content (AvgIpc) is 3.44. The maximum Gasteiger partial charge on any atom is 0.146 e. The standard InChI is InChI=1S/C22H22Cl2N4OS/c1-13-25-26-14(2)28(13)15-5-7-16(8-6-15)29-20-18(27-11-3-4-12-27)10-9-17-19(20)22(24)30-21(17)23/h5-10,18,20H,3-4,11-12H2,1-2H3. The van der Waals surface area contributed by atoms with Gasteiger partial charge < -0.3 is 4.74 Å². The van der Waals surface area contributed by atoms with E-state index < -0.39 is 0 Å². The summed E-state index contributed by atoms with van der Waals surface area (Å²) in [6, 6.07) is 8.20. The van der Waals surface area contributed by atoms with Crippen LogP contribution in [-0.2, 0) is 0 Å². The van der Waals surface area contributed by atoms with E-state index in [9.17, 15) is 0 Å². The van der Waals surface area contributed by atoms with Gasteiger partial charge in [-0.3, -0.25) is 9.47 Å². The van der Waals surface area contributed by atoms with Gasteiger partial charge in [0.05, 0.1) is 6.04 Å². The second kappa shape index (κ2) is 8.00. The first kappa shape index (κ1) is 20.1. The Bertz CT molecular complexity index is 1080. The van der Waals surface area contributed by atoms with Crippen LogP contribution in [0.15, 0.2) is 30.3 Å². The van der Waals surface area contributed by atoms with Gasteiger partial charge in [0.25, 0.3) is 0 Å². The molecule has 0 bridgehead atoms. The summed E-state index contributed by atoms with van der Waals surface area (Å²) in [6.45, 7) is 6.04. The molecule has 2 aliphatic rings. The van der Waals surface area contributed by atoms with Gasteiger partial charge in [0.15, 0.2) is 0 Å². The van der Waals surface area contributed by atoms with Crippen molar-refractivity contribution in [3.8, 4) is 11.4 Å². The molecule has 0 saturated carbocycles. The minimum absolute atomic E-state index is 0.144. The van der Waals surface area contributed by atoms with Crippen molar-refractivity contribution in [3.05, 3.63) is 61.8 Å². The van der Waals surface area contributed by atoms with Crippen LogP contribution in [0.3, 0.4) is 0 Å². The van der Waals surface area contributed by atoms with Crippen LogP contribution < -0.4 is 4.74 Å². The van der Waals surface area contributed by atoms with Gasteiger partial charge >= 0.3 is 0 Å². The largest absolute Gasteiger partial charge is 0.484 e. The molecule has 2 aromatic heterocycles. The summed E-state index contributed by atoms with van der Waals surface area (Å²) in [6.07, 6.45) is 6.56. The van der Waals surface area contributed by atoms with E-state index in [0.717, 1.165) is 47.3 Å². The lowest BCUT2D eigenvalue weighted by atomic mass is 9.93. The molecule has 3 aromatic rings. The SMILES string of the molecule is Cc1nnc(C)n1-c1ccc(OC2c3c(Cl)sc(Cl)c3C=CC2N2CCCC2)cc1. The van der Waals surface area contributed by atoms with Crippen molar-refractivity contribution in [2.24, 2.45) is 0 Å². The second-order valence-electron chi connectivity index (χ2n) is 7.73. The molecule has 30 heavy (non-hydrogen) atoms. The molecule has 0 radical (unpaired) electrons. The van der Waals surface area contributed by atoms with Crippen molar-refractivity contribution in [2.75, 3.05) is 13.1 Å². The zero-order valence-corrected chi connectivity index (χ0v) is 19.1. The first-order valence-corrected chi connectivity index (χ1v) is 11.7. The Morgan fingerprint density at radius 2 is 1.67 bits per heavy atom. The maximum atomic E-state index is 6.61. The fraction of sp³-hybridized carbons (Fsp3) is 0.364. The monoisotopic (exact) mass is 460 g/mol. The molecule has 1 aliphatic heterocycles. The van der Waals surface area contributed by atoms with E-state index >= 15 is 0 Å². The minimum Gasteiger partial charge on any atom is -0.484 e. The van der Waals surface area contributed by atoms with Crippen molar-refractivity contribution < 1.29 is 4.74 Å². The van der Waals surface area contributed by atoms with E-state index in [4.69, 9.17) is 27.9 Å². The first-order chi connectivity index (χ1) is 14.5. The van der Waals surface area contributed by atoms with Gasteiger partial charge in [-0.15, -0.1) is 21.5 Å². The van der Waals surface area contributed by atoms with Crippen molar-refractivity contribution in [1.82, 2.24) is 19.7 Å². The number of aromatic nitrogens is 3. The van der Waals surface area contributed by atoms with Crippen LogP contribution in [0.5, 0.6) is 5.75 Å². The molecule has 2 unspecified atom stereocenters. The molecule has 5 rings (SSSR count). The van der Waals surface area contributed by atoms with Crippen LogP contribution >= 0.6 is 34.5 Å². The Balaban J connectivity index is 1.47. The van der Waals surface area contributed by atoms with E-state index in [1.807, 2.05) is 42.7 Å². The number of fused-ring (bicyclic) bond motifs is 1. The zero-order valence-electron chi connectivity index (χ0n) is 16.8. The lowest BCUT2D eigenvalue weighted by molar-refractivity contribution is 0.106. The second-order valence-corrected chi connectivity index (χ2v) is 9.96. The predicted octanol–water partition coefficient (Wildman–Crippen LogP) is 5.86. The Morgan fingerprint density at radius 1 is 1.00 bits per heavy atom. The van der Waals surface area contributed by atoms with Gasteiger partial charge in [-0.25, -0.2) is 0 Å². The predicted molar refractivity (Wildman–Crippen MR) is 122 cm³/mol. The van der Waals surface area contributed by atoms with E-state index in [-0.39, 0.29) is 12.1 Å². The summed E-state index contributed by atoms with van der Waals surface area (Å²) in [4.78, 5) is 2.48. The van der Waals surface area contributed by atoms with Gasteiger partial charge in [0.1, 0.15) is 32.2 Å². The molecule has 1 fully saturated rings. The highest BCUT2D eigenvalue weighted by Crippen LogP contribution is 2.47. The smallest absolute Gasteiger partial charge is 0.146 e. The zero-order chi connectivity index (χ0) is 20.8. The molecule has 0 spiro atoms. The molecule has 8 heteroatoms. The fourth-order valence-electron chi connectivity index (χ4n) is 4.43. The molecular formula is C22H22Cl2N4OS. The summed E-state index contributed by atoms with van der Waals surface area (Å²) >= 11 is 14.5. The molecule has 5 nitrogen and oxygen atoms in total. The number of hydrogen-bond acceptors (Lipinski definition) is 5. The molecule has 2 atom stereocenters. The first-order valence-electron chi connectivity index (χ1n) is 10.1. The Labute approximate surface area is 189 Å². The van der Waals surface area contributed by atoms with E-state index in [1.54, 1.807) is 0 Å². The quantitative estimate of drug-likeness (QED) is 0.488. The number of likely N-dealkylation sites (tertiary alicyclic amines) is 1. The summed E-state index contributed by atoms with van der Waals surface area (Å²) in [5.41, 5.74) is 3.00. The third kappa shape index (κ3) is 3.46. The summed E-state index contributed by atoms with van der Waals surface area (Å²) in [5, 5.41) is 8.28. The highest BCUT2D eigenvalue weighted by Gasteiger charge is 2.37. The number of rotatable bonds is 4. The van der Waals surface area contributed by atoms with Crippen molar-refractivity contribution in [3.63, 3.8) is 0 Å². The third-order valence-electron chi connectivity index (χ3n) is 5.85. The van der Waals surface area contributed by atoms with Gasteiger partial charge in [-0.2, -0.15) is 0 Å². The van der Waals surface area contributed by atoms with Crippen molar-refractivity contribution in [1.29, 1.82) is 0 Å². The van der Waals surface area contributed by atoms with E-state index in [0.29, 0.717) is 8.67 Å². The maximum absolute atomic E-state index is 6.61. The molecule has 1 aliphatic carbocycles. The van der Waals surface area contributed by atoms with Crippen LogP contribution in [0.1, 0.15) is 41.7 Å². The van der Waals surface area contributed by atoms with Crippen LogP contribution in [0, 0.1) is 13.8 Å². The molecule has 156 valence electrons. The highest BCUT2D eigenvalue weighted by molar-refractivity contribution is 7.20. The van der Waals surface area contributed by atoms with Gasteiger partial charge in [-0.05, 0) is 64.0 Å². The lowest BCUT2D eigenvalue weighted by Crippen LogP contribution is -2.39. The van der Waals surface area contributed by atoms with Crippen LogP contribution in [0.2, 0.25) is 8.67 Å². The number of aryl methyl sites for hydroxylation is 2. The molecule has 3 heterocycles. The van der Waals surface area contributed by atoms with E-state index in [2.05, 4.69) is 27.2 Å². The summed E-state index contributed by atoms with van der Waals surface area (Å²) in [7, 11) is 0. The van der Waals surface area contributed by atoms with Gasteiger partial charge in [-0.1, -0.05) is 35.4 Å². The van der Waals surface area contributed by atoms with Gasteiger partial charge in [0.2, 0.25) is 0 Å². The number of benzene rings is 1. The fourth-order valence-corrected chi connectivity index (χ4v) is 6.17. The summed E-state index contributed by atoms with van der Waals surface area (Å²) < 4.78 is 10.0. The van der Waals surface area contributed by atoms with Gasteiger partial charge in [0, 0.05) is 16.8 Å². The average molecular weight is 461 g/mol. The molecular weight excluding hydrogens is 439 g/mol. The topological polar surface area (TPSA) is 43.2 Å². The molecule has 1 saturated heterocycles. The molecule has 1 aromatic carbocycles. The number of nitrogens with zero attached hydrogens (tertiary/aromatic N) is 4. The Kier molecular flexibility index (Phi) is 5.35. The minimum atomic E-state index is -0.191. The Hall–Kier alpha value is -1.86. The Morgan fingerprint density at radius 3 is 2.33 bits per heavy atom. The highest BCUT2D eigenvalue weighted by atomic mass is 35.5. The number of halogens is 2. The van der Waals surface area contributed by atoms with E-state index in [1.165, 1.54) is 24.2 Å². The summed E-state index contributed by atoms with van der Waals surface area (Å²) in [5.74, 6) is 2.52. The van der Waals surface area contributed by atoms with Crippen molar-refractivity contribution in [2.45, 2.75) is 38.8 Å². The van der Waals surface area contributed by atoms with Crippen LogP contribution in [-0.4, -0.2) is 38.8 Å². The number of thiophene rings is 1. The van der Waals surface area contributed by atoms with Crippen LogP contribution in [0.25, 0.3) is 11.8 Å². The molecule has 0 N–H and O–H groups in total. The van der Waals surface area contributed by atoms with Crippen LogP contribution in [0.4, 0.5) is 0 Å². The third-order valence-corrected chi connectivity index (χ3v) is 7.52. The normalized spacial score (nSPS) is 21.2. The van der Waals surface area contributed by atoms with Crippen molar-refractivity contribution >= 4 is 40.6 Å².